The summed E-state index contributed by atoms with van der Waals surface area (Å²) < 4.78 is 7.05. The van der Waals surface area contributed by atoms with Crippen LogP contribution in [0.5, 0.6) is 11.5 Å². The number of hydrogen-bond acceptors (Lipinski definition) is 3. The number of benzene rings is 1. The first-order valence-corrected chi connectivity index (χ1v) is 7.61. The summed E-state index contributed by atoms with van der Waals surface area (Å²) in [6.07, 6.45) is 4.06. The summed E-state index contributed by atoms with van der Waals surface area (Å²) in [5, 5.41) is 16.3. The molecule has 3 N–H and O–H groups in total. The molecule has 1 aromatic heterocycles. The quantitative estimate of drug-likeness (QED) is 0.563. The topological polar surface area (TPSA) is 70.8 Å². The average molecular weight is 316 g/mol. The van der Waals surface area contributed by atoms with Crippen LogP contribution in [0.2, 0.25) is 0 Å². The molecule has 0 saturated carbocycles. The van der Waals surface area contributed by atoms with Crippen molar-refractivity contribution in [2.75, 3.05) is 13.7 Å². The monoisotopic (exact) mass is 316 g/mol. The van der Waals surface area contributed by atoms with E-state index in [1.807, 2.05) is 30.8 Å². The molecule has 2 aromatic rings. The second-order valence-corrected chi connectivity index (χ2v) is 5.24. The lowest BCUT2D eigenvalue weighted by molar-refractivity contribution is 0.373. The van der Waals surface area contributed by atoms with Crippen LogP contribution < -0.4 is 15.4 Å². The Balaban J connectivity index is 1.97. The van der Waals surface area contributed by atoms with Crippen LogP contribution in [-0.4, -0.2) is 29.3 Å². The average Bonchev–Trinajstić information content (AvgIpc) is 2.95. The van der Waals surface area contributed by atoms with Crippen LogP contribution in [0.3, 0.4) is 0 Å². The largest absolute Gasteiger partial charge is 0.504 e. The first-order valence-electron chi connectivity index (χ1n) is 7.61. The lowest BCUT2D eigenvalue weighted by Gasteiger charge is -2.12. The Bertz CT molecular complexity index is 664. The highest BCUT2D eigenvalue weighted by Crippen LogP contribution is 2.25. The molecule has 6 nitrogen and oxygen atoms in total. The zero-order chi connectivity index (χ0) is 16.7. The summed E-state index contributed by atoms with van der Waals surface area (Å²) in [6.45, 7) is 4.00. The third-order valence-electron chi connectivity index (χ3n) is 3.36. The van der Waals surface area contributed by atoms with Gasteiger partial charge in [0.15, 0.2) is 17.5 Å². The number of phenols is 1. The van der Waals surface area contributed by atoms with Crippen molar-refractivity contribution in [3.63, 3.8) is 0 Å². The minimum Gasteiger partial charge on any atom is -0.504 e. The van der Waals surface area contributed by atoms with Crippen LogP contribution in [0.15, 0.2) is 41.7 Å². The molecule has 6 heteroatoms. The molecular weight excluding hydrogens is 292 g/mol. The van der Waals surface area contributed by atoms with Crippen LogP contribution in [0, 0.1) is 0 Å². The summed E-state index contributed by atoms with van der Waals surface area (Å²) in [6, 6.07) is 7.40. The van der Waals surface area contributed by atoms with E-state index >= 15 is 0 Å². The summed E-state index contributed by atoms with van der Waals surface area (Å²) in [5.41, 5.74) is 2.11. The van der Waals surface area contributed by atoms with Gasteiger partial charge in [0, 0.05) is 32.5 Å². The van der Waals surface area contributed by atoms with Gasteiger partial charge >= 0.3 is 0 Å². The first-order chi connectivity index (χ1) is 11.1. The summed E-state index contributed by atoms with van der Waals surface area (Å²) in [4.78, 5) is 4.56. The van der Waals surface area contributed by atoms with Gasteiger partial charge in [0.1, 0.15) is 0 Å². The fourth-order valence-electron chi connectivity index (χ4n) is 2.20. The van der Waals surface area contributed by atoms with Gasteiger partial charge in [-0.1, -0.05) is 6.07 Å². The van der Waals surface area contributed by atoms with E-state index in [-0.39, 0.29) is 5.75 Å². The highest BCUT2D eigenvalue weighted by molar-refractivity contribution is 5.79. The van der Waals surface area contributed by atoms with E-state index in [0.29, 0.717) is 18.8 Å². The van der Waals surface area contributed by atoms with Gasteiger partial charge in [-0.05, 0) is 36.2 Å². The minimum absolute atomic E-state index is 0.137. The molecule has 0 saturated heterocycles. The molecule has 0 atom stereocenters. The molecule has 0 unspecified atom stereocenters. The number of ether oxygens (including phenoxy) is 1. The fraction of sp³-hybridized carbons (Fsp3) is 0.353. The predicted octanol–water partition coefficient (Wildman–Crippen LogP) is 1.99. The Labute approximate surface area is 136 Å². The number of aromatic hydroxyl groups is 1. The van der Waals surface area contributed by atoms with Crippen LogP contribution in [0.25, 0.3) is 0 Å². The van der Waals surface area contributed by atoms with Gasteiger partial charge in [0.25, 0.3) is 0 Å². The lowest BCUT2D eigenvalue weighted by Crippen LogP contribution is -2.36. The standard InChI is InChI=1S/C17H24N4O2/c1-4-18-17(20-11-14-7-8-21(2)12-14)19-10-13-5-6-16(23-3)15(22)9-13/h5-9,12,22H,4,10-11H2,1-3H3,(H2,18,19,20). The number of aromatic nitrogens is 1. The first kappa shape index (κ1) is 16.7. The molecule has 2 rings (SSSR count). The third-order valence-corrected chi connectivity index (χ3v) is 3.36. The van der Waals surface area contributed by atoms with E-state index in [1.165, 1.54) is 7.11 Å². The Kier molecular flexibility index (Phi) is 5.91. The number of hydrogen-bond donors (Lipinski definition) is 3. The predicted molar refractivity (Wildman–Crippen MR) is 91.7 cm³/mol. The molecule has 124 valence electrons. The molecule has 0 aliphatic rings. The Morgan fingerprint density at radius 1 is 1.26 bits per heavy atom. The summed E-state index contributed by atoms with van der Waals surface area (Å²) in [5.74, 6) is 1.35. The maximum Gasteiger partial charge on any atom is 0.191 e. The summed E-state index contributed by atoms with van der Waals surface area (Å²) >= 11 is 0. The van der Waals surface area contributed by atoms with Crippen molar-refractivity contribution in [1.82, 2.24) is 15.2 Å². The molecule has 0 bridgehead atoms. The zero-order valence-corrected chi connectivity index (χ0v) is 13.8. The molecule has 1 aromatic carbocycles. The molecule has 1 heterocycles. The number of phenolic OH excluding ortho intramolecular Hbond substituents is 1. The van der Waals surface area contributed by atoms with Crippen molar-refractivity contribution in [3.8, 4) is 11.5 Å². The van der Waals surface area contributed by atoms with Crippen molar-refractivity contribution in [2.24, 2.45) is 12.0 Å². The number of aryl methyl sites for hydroxylation is 1. The smallest absolute Gasteiger partial charge is 0.191 e. The van der Waals surface area contributed by atoms with Crippen LogP contribution in [0.1, 0.15) is 18.1 Å². The van der Waals surface area contributed by atoms with E-state index in [9.17, 15) is 5.11 Å². The van der Waals surface area contributed by atoms with Crippen molar-refractivity contribution < 1.29 is 9.84 Å². The molecular formula is C17H24N4O2. The van der Waals surface area contributed by atoms with Crippen molar-refractivity contribution in [3.05, 3.63) is 47.8 Å². The zero-order valence-electron chi connectivity index (χ0n) is 13.8. The second-order valence-electron chi connectivity index (χ2n) is 5.24. The fourth-order valence-corrected chi connectivity index (χ4v) is 2.20. The van der Waals surface area contributed by atoms with E-state index in [1.54, 1.807) is 12.1 Å². The number of rotatable bonds is 6. The highest BCUT2D eigenvalue weighted by Gasteiger charge is 2.04. The summed E-state index contributed by atoms with van der Waals surface area (Å²) in [7, 11) is 3.53. The van der Waals surface area contributed by atoms with Crippen molar-refractivity contribution in [1.29, 1.82) is 0 Å². The van der Waals surface area contributed by atoms with Gasteiger partial charge in [-0.25, -0.2) is 4.99 Å². The number of methoxy groups -OCH3 is 1. The van der Waals surface area contributed by atoms with Crippen LogP contribution >= 0.6 is 0 Å². The van der Waals surface area contributed by atoms with E-state index < -0.39 is 0 Å². The number of nitrogens with zero attached hydrogens (tertiary/aromatic N) is 2. The number of nitrogens with one attached hydrogen (secondary N) is 2. The molecule has 0 aliphatic carbocycles. The van der Waals surface area contributed by atoms with Gasteiger partial charge in [0.05, 0.1) is 13.7 Å². The van der Waals surface area contributed by atoms with E-state index in [4.69, 9.17) is 4.74 Å². The molecule has 0 radical (unpaired) electrons. The molecule has 0 amide bonds. The van der Waals surface area contributed by atoms with Gasteiger partial charge in [0.2, 0.25) is 0 Å². The van der Waals surface area contributed by atoms with Gasteiger partial charge in [-0.2, -0.15) is 0 Å². The maximum atomic E-state index is 9.81. The van der Waals surface area contributed by atoms with Gasteiger partial charge < -0.3 is 25.0 Å². The maximum absolute atomic E-state index is 9.81. The van der Waals surface area contributed by atoms with Gasteiger partial charge in [-0.3, -0.25) is 0 Å². The Morgan fingerprint density at radius 3 is 2.70 bits per heavy atom. The lowest BCUT2D eigenvalue weighted by atomic mass is 10.2. The second kappa shape index (κ2) is 8.12. The highest BCUT2D eigenvalue weighted by atomic mass is 16.5. The minimum atomic E-state index is 0.137. The van der Waals surface area contributed by atoms with Crippen molar-refractivity contribution >= 4 is 5.96 Å². The normalized spacial score (nSPS) is 11.3. The molecule has 0 aliphatic heterocycles. The van der Waals surface area contributed by atoms with Crippen molar-refractivity contribution in [2.45, 2.75) is 20.0 Å². The van der Waals surface area contributed by atoms with Crippen LogP contribution in [0.4, 0.5) is 0 Å². The number of aliphatic imine (C=N–C) groups is 1. The molecule has 0 spiro atoms. The SMILES string of the molecule is CCNC(=NCc1ccn(C)c1)NCc1ccc(OC)c(O)c1. The van der Waals surface area contributed by atoms with E-state index in [2.05, 4.69) is 27.9 Å². The Morgan fingerprint density at radius 2 is 2.09 bits per heavy atom. The Hall–Kier alpha value is -2.63. The molecule has 23 heavy (non-hydrogen) atoms. The molecule has 0 fully saturated rings. The van der Waals surface area contributed by atoms with Crippen LogP contribution in [-0.2, 0) is 20.1 Å². The van der Waals surface area contributed by atoms with E-state index in [0.717, 1.165) is 23.6 Å². The number of guanidine groups is 1. The third kappa shape index (κ3) is 4.95. The van der Waals surface area contributed by atoms with Gasteiger partial charge in [-0.15, -0.1) is 0 Å².